The Morgan fingerprint density at radius 2 is 1.00 bits per heavy atom. The highest BCUT2D eigenvalue weighted by molar-refractivity contribution is 6.33. The molecule has 28 heteroatoms. The van der Waals surface area contributed by atoms with Crippen LogP contribution in [-0.4, -0.2) is 68.5 Å². The summed E-state index contributed by atoms with van der Waals surface area (Å²) in [5.41, 5.74) is 9.28. The van der Waals surface area contributed by atoms with Gasteiger partial charge in [0.05, 0.1) is 45.8 Å². The van der Waals surface area contributed by atoms with Crippen LogP contribution in [0.2, 0.25) is 0 Å². The first-order valence-electron chi connectivity index (χ1n) is 18.2. The van der Waals surface area contributed by atoms with E-state index in [0.717, 1.165) is 65.2 Å². The monoisotopic (exact) mass is 916 g/mol. The standard InChI is InChI=1S/C11H19N3O2.2C10H20N3.CO2.CH4.2BF3.BF2.4FH.H2/c1-2-3-6-13-8-9-14(10-13)7-4-5-12-11(15)16;2*1-2-3-6-12-8-9-13(10-12)7-4-5-11;2-1-3;;2*2-1(3)4;2-1-3;;;;;/h8-10,12H,2-7H2,1H3;2*8-10H,2-7,11H2,1H3;;1H4;;;;5*1H/q;2*+1;;;;;;;;;;/p-2/i;;;;;;;;;;;;1+1. The second-order valence-electron chi connectivity index (χ2n) is 11.3. The molecule has 1 radical (unpaired) electrons. The Morgan fingerprint density at radius 1 is 0.721 bits per heavy atom. The maximum atomic E-state index is 10.1. The predicted molar refractivity (Wildman–Crippen MR) is 205 cm³/mol. The van der Waals surface area contributed by atoms with Gasteiger partial charge in [0.15, 0.2) is 0 Å². The number of rotatable bonds is 19. The normalized spacial score (nSPS) is 8.48. The van der Waals surface area contributed by atoms with Gasteiger partial charge in [0, 0.05) is 20.8 Å². The van der Waals surface area contributed by atoms with Crippen LogP contribution in [0.1, 0.15) is 87.4 Å². The van der Waals surface area contributed by atoms with Gasteiger partial charge in [0.25, 0.3) is 0 Å². The first-order valence-corrected chi connectivity index (χ1v) is 18.2. The number of nitrogens with one attached hydrogen (secondary N) is 1. The Kier molecular flexibility index (Phi) is 75.7. The van der Waals surface area contributed by atoms with E-state index < -0.39 is 29.0 Å². The molecule has 0 aromatic carbocycles. The van der Waals surface area contributed by atoms with Gasteiger partial charge < -0.3 is 40.8 Å². The summed E-state index contributed by atoms with van der Waals surface area (Å²) in [7, 11) is -8.33. The molecule has 0 saturated carbocycles. The number of carboxylic acid groups (broad SMARTS) is 1. The van der Waals surface area contributed by atoms with Crippen LogP contribution in [0.5, 0.6) is 0 Å². The van der Waals surface area contributed by atoms with Crippen molar-refractivity contribution < 1.29 is 93.7 Å². The average molecular weight is 915 g/mol. The van der Waals surface area contributed by atoms with Crippen LogP contribution in [0, 0.1) is 0 Å². The van der Waals surface area contributed by atoms with Crippen molar-refractivity contribution >= 4 is 35.2 Å². The summed E-state index contributed by atoms with van der Waals surface area (Å²) in [4.78, 5) is 26.3. The van der Waals surface area contributed by atoms with Crippen molar-refractivity contribution in [1.29, 1.82) is 0 Å². The van der Waals surface area contributed by atoms with Crippen molar-refractivity contribution in [1.82, 2.24) is 19.0 Å². The molecule has 61 heavy (non-hydrogen) atoms. The van der Waals surface area contributed by atoms with Crippen LogP contribution in [0.15, 0.2) is 56.2 Å². The number of carbonyl (C=O) groups excluding carboxylic acids is 3. The van der Waals surface area contributed by atoms with Gasteiger partial charge in [-0.25, -0.2) is 27.4 Å². The second kappa shape index (κ2) is 59.9. The molecule has 0 unspecified atom stereocenters. The fourth-order valence-electron chi connectivity index (χ4n) is 4.15. The average Bonchev–Trinajstić information content (AvgIpc) is 3.91. The summed E-state index contributed by atoms with van der Waals surface area (Å²) in [6.07, 6.45) is 28.4. The van der Waals surface area contributed by atoms with Gasteiger partial charge in [-0.05, 0) is 32.2 Å². The van der Waals surface area contributed by atoms with Crippen molar-refractivity contribution in [3.8, 4) is 0 Å². The maximum Gasteiger partial charge on any atom is 0.762 e. The molecule has 6 N–H and O–H groups in total. The Hall–Kier alpha value is -4.45. The number of hydrogen-bond donors (Lipinski definition) is 3. The topological polar surface area (TPSA) is 166 Å². The molecule has 0 aliphatic carbocycles. The first-order chi connectivity index (χ1) is 26.7. The predicted octanol–water partition coefficient (Wildman–Crippen LogP) is -5.29. The fraction of sp³-hybridized carbons (Fsp3) is 0.667. The van der Waals surface area contributed by atoms with E-state index in [1.807, 2.05) is 12.4 Å². The fourth-order valence-corrected chi connectivity index (χ4v) is 4.15. The first kappa shape index (κ1) is 77.2. The summed E-state index contributed by atoms with van der Waals surface area (Å²) in [5, 5.41) is 12.3. The van der Waals surface area contributed by atoms with Crippen LogP contribution in [0.25, 0.3) is 0 Å². The second-order valence-corrected chi connectivity index (χ2v) is 11.3. The van der Waals surface area contributed by atoms with E-state index in [2.05, 4.69) is 103 Å². The minimum atomic E-state index is -3.67. The number of imidazole rings is 3. The molecule has 3 aromatic rings. The molecule has 13 nitrogen and oxygen atoms in total. The Labute approximate surface area is 354 Å². The zero-order chi connectivity index (χ0) is 43.4. The SMILES string of the molecule is C.CCCCn1cc[n+](CCCN)c1.CCCCn1cc[n+](CCCNC(=O)[O-])c1.CCCCn1cc[n+](CCC[NH3+])c1.F.FB(F)F.FB(F)F.F[B]F.O=C=O.[2HH].[F-].[F-].[F-]. The number of hydrogen-bond acceptors (Lipinski definition) is 5. The minimum Gasteiger partial charge on any atom is -1.00 e. The summed E-state index contributed by atoms with van der Waals surface area (Å²) in [5.74, 6) is 0. The summed E-state index contributed by atoms with van der Waals surface area (Å²) < 4.78 is 90.1. The van der Waals surface area contributed by atoms with Gasteiger partial charge in [-0.3, -0.25) is 39.2 Å². The lowest BCUT2D eigenvalue weighted by Gasteiger charge is -2.04. The summed E-state index contributed by atoms with van der Waals surface area (Å²) >= 11 is 0. The van der Waals surface area contributed by atoms with E-state index in [1.165, 1.54) is 44.9 Å². The van der Waals surface area contributed by atoms with E-state index in [0.29, 0.717) is 6.54 Å². The largest absolute Gasteiger partial charge is 1.00 e. The number of unbranched alkanes of at least 4 members (excludes halogenated alkanes) is 3. The molecular weight excluding hydrogens is 847 g/mol. The quantitative estimate of drug-likeness (QED) is 0.0473. The number of halogens is 12. The molecule has 0 aliphatic rings. The van der Waals surface area contributed by atoms with Gasteiger partial charge in [-0.2, -0.15) is 9.59 Å². The van der Waals surface area contributed by atoms with E-state index in [9.17, 15) is 44.4 Å². The lowest BCUT2D eigenvalue weighted by Crippen LogP contribution is -3.00. The highest BCUT2D eigenvalue weighted by Crippen LogP contribution is 1.95. The molecular formula is C33H67B3F12N9O4. The minimum absolute atomic E-state index is 0. The molecule has 3 rings (SSSR count). The third-order valence-corrected chi connectivity index (χ3v) is 6.70. The van der Waals surface area contributed by atoms with Crippen molar-refractivity contribution in [3.05, 3.63) is 56.2 Å². The lowest BCUT2D eigenvalue weighted by atomic mass is 10.3. The molecule has 361 valence electrons. The third kappa shape index (κ3) is 64.9. The zero-order valence-electron chi connectivity index (χ0n) is 34.3. The Bertz CT molecular complexity index is 1210. The molecule has 3 heterocycles. The smallest absolute Gasteiger partial charge is 0.762 e. The van der Waals surface area contributed by atoms with Crippen molar-refractivity contribution in [2.24, 2.45) is 5.73 Å². The van der Waals surface area contributed by atoms with Gasteiger partial charge in [-0.15, -0.1) is 0 Å². The molecule has 0 saturated heterocycles. The lowest BCUT2D eigenvalue weighted by molar-refractivity contribution is -0.698. The summed E-state index contributed by atoms with van der Waals surface area (Å²) in [6, 6.07) is 0. The zero-order valence-corrected chi connectivity index (χ0v) is 34.3. The molecule has 0 spiro atoms. The Morgan fingerprint density at radius 3 is 1.25 bits per heavy atom. The van der Waals surface area contributed by atoms with Crippen molar-refractivity contribution in [3.63, 3.8) is 0 Å². The maximum absolute atomic E-state index is 10.1. The molecule has 3 aromatic heterocycles. The van der Waals surface area contributed by atoms with Crippen LogP contribution in [-0.2, 0) is 48.9 Å². The van der Waals surface area contributed by atoms with Crippen LogP contribution in [0.4, 0.5) is 44.0 Å². The molecule has 0 bridgehead atoms. The number of amides is 1. The summed E-state index contributed by atoms with van der Waals surface area (Å²) in [6.45, 7) is 15.1. The van der Waals surface area contributed by atoms with E-state index in [1.54, 1.807) is 0 Å². The van der Waals surface area contributed by atoms with Gasteiger partial charge in [-0.1, -0.05) is 47.5 Å². The number of nitrogens with two attached hydrogens (primary N) is 1. The number of nitrogens with zero attached hydrogens (tertiary/aromatic N) is 6. The molecule has 0 atom stereocenters. The molecule has 0 aliphatic heterocycles. The molecule has 0 fully saturated rings. The van der Waals surface area contributed by atoms with Crippen molar-refractivity contribution in [2.75, 3.05) is 19.6 Å². The van der Waals surface area contributed by atoms with Crippen LogP contribution >= 0.6 is 0 Å². The van der Waals surface area contributed by atoms with Crippen molar-refractivity contribution in [2.45, 2.75) is 125 Å². The van der Waals surface area contributed by atoms with E-state index in [-0.39, 0.29) is 33.8 Å². The van der Waals surface area contributed by atoms with E-state index in [4.69, 9.17) is 15.3 Å². The van der Waals surface area contributed by atoms with Gasteiger partial charge in [0.2, 0.25) is 19.0 Å². The van der Waals surface area contributed by atoms with Gasteiger partial charge in [0.1, 0.15) is 43.3 Å². The van der Waals surface area contributed by atoms with Gasteiger partial charge >= 0.3 is 29.1 Å². The van der Waals surface area contributed by atoms with Crippen LogP contribution in [0.3, 0.4) is 0 Å². The number of quaternary nitrogens is 1. The Balaban J connectivity index is -0.0000000682. The highest BCUT2D eigenvalue weighted by atomic mass is 19.4. The number of aryl methyl sites for hydroxylation is 6. The molecule has 1 amide bonds. The highest BCUT2D eigenvalue weighted by Gasteiger charge is 2.07. The number of aromatic nitrogens is 6. The van der Waals surface area contributed by atoms with Crippen LogP contribution < -0.4 is 49.7 Å². The number of carbonyl (C=O) groups is 1. The van der Waals surface area contributed by atoms with E-state index >= 15 is 0 Å². The third-order valence-electron chi connectivity index (χ3n) is 6.70.